The zero-order valence-corrected chi connectivity index (χ0v) is 15.4. The molecule has 0 saturated carbocycles. The van der Waals surface area contributed by atoms with Crippen molar-refractivity contribution >= 4 is 29.5 Å². The van der Waals surface area contributed by atoms with Crippen molar-refractivity contribution in [3.8, 4) is 0 Å². The summed E-state index contributed by atoms with van der Waals surface area (Å²) in [6.45, 7) is 0. The van der Waals surface area contributed by atoms with Gasteiger partial charge in [0.25, 0.3) is 0 Å². The number of aryl methyl sites for hydroxylation is 1. The molecule has 2 aromatic rings. The van der Waals surface area contributed by atoms with Crippen molar-refractivity contribution in [1.82, 2.24) is 4.98 Å². The quantitative estimate of drug-likeness (QED) is 0.603. The highest BCUT2D eigenvalue weighted by Crippen LogP contribution is 2.34. The first kappa shape index (κ1) is 19.6. The Kier molecular flexibility index (Phi) is 6.00. The zero-order valence-electron chi connectivity index (χ0n) is 14.6. The molecule has 142 valence electrons. The second-order valence-corrected chi connectivity index (χ2v) is 7.19. The first-order valence-corrected chi connectivity index (χ1v) is 9.21. The van der Waals surface area contributed by atoms with E-state index in [0.29, 0.717) is 30.7 Å². The van der Waals surface area contributed by atoms with E-state index in [9.17, 15) is 18.0 Å². The highest BCUT2D eigenvalue weighted by molar-refractivity contribution is 6.32. The summed E-state index contributed by atoms with van der Waals surface area (Å²) in [6, 6.07) is 7.53. The Morgan fingerprint density at radius 1 is 1.11 bits per heavy atom. The van der Waals surface area contributed by atoms with Crippen molar-refractivity contribution in [2.24, 2.45) is 5.92 Å². The number of fused-ring (bicyclic) bond motifs is 1. The molecule has 0 N–H and O–H groups in total. The van der Waals surface area contributed by atoms with E-state index in [1.165, 1.54) is 0 Å². The van der Waals surface area contributed by atoms with Crippen LogP contribution in [0.3, 0.4) is 0 Å². The van der Waals surface area contributed by atoms with Gasteiger partial charge in [0.1, 0.15) is 0 Å². The molecule has 0 amide bonds. The molecule has 1 atom stereocenters. The lowest BCUT2D eigenvalue weighted by Gasteiger charge is -2.14. The molecule has 0 bridgehead atoms. The monoisotopic (exact) mass is 393 g/mol. The molecule has 27 heavy (non-hydrogen) atoms. The first-order valence-electron chi connectivity index (χ1n) is 8.83. The number of hydrogen-bond donors (Lipinski definition) is 0. The molecule has 0 saturated heterocycles. The van der Waals surface area contributed by atoms with Crippen LogP contribution in [0, 0.1) is 5.92 Å². The maximum absolute atomic E-state index is 12.6. The van der Waals surface area contributed by atoms with E-state index in [4.69, 9.17) is 11.6 Å². The number of rotatable bonds is 4. The molecule has 1 heterocycles. The second kappa shape index (κ2) is 8.26. The van der Waals surface area contributed by atoms with Gasteiger partial charge in [-0.1, -0.05) is 29.8 Å². The van der Waals surface area contributed by atoms with E-state index in [1.807, 2.05) is 36.4 Å². The standard InChI is InChI=1S/C21H19ClF3NO/c22-19-8-5-16-4-1-15(13-20(27)21(23,24)25)3-6-17(16)18(19)7-2-14-9-11-26-12-10-14/h2,5,7-12,15H,1,3-4,6,13H2/b7-2-. The van der Waals surface area contributed by atoms with Crippen molar-refractivity contribution < 1.29 is 18.0 Å². The van der Waals surface area contributed by atoms with Crippen LogP contribution in [0.5, 0.6) is 0 Å². The van der Waals surface area contributed by atoms with E-state index >= 15 is 0 Å². The van der Waals surface area contributed by atoms with E-state index in [0.717, 1.165) is 22.3 Å². The Labute approximate surface area is 161 Å². The molecular formula is C21H19ClF3NO. The van der Waals surface area contributed by atoms with Crippen LogP contribution in [-0.4, -0.2) is 16.9 Å². The molecule has 1 aromatic heterocycles. The van der Waals surface area contributed by atoms with Gasteiger partial charge < -0.3 is 0 Å². The topological polar surface area (TPSA) is 30.0 Å². The Bertz CT molecular complexity index is 846. The van der Waals surface area contributed by atoms with Crippen molar-refractivity contribution in [1.29, 1.82) is 0 Å². The summed E-state index contributed by atoms with van der Waals surface area (Å²) in [7, 11) is 0. The summed E-state index contributed by atoms with van der Waals surface area (Å²) < 4.78 is 37.7. The third-order valence-corrected chi connectivity index (χ3v) is 5.29. The number of hydrogen-bond acceptors (Lipinski definition) is 2. The summed E-state index contributed by atoms with van der Waals surface area (Å²) >= 11 is 6.39. The van der Waals surface area contributed by atoms with Gasteiger partial charge >= 0.3 is 6.18 Å². The maximum atomic E-state index is 12.6. The van der Waals surface area contributed by atoms with Gasteiger partial charge in [-0.15, -0.1) is 0 Å². The van der Waals surface area contributed by atoms with Crippen molar-refractivity contribution in [2.45, 2.75) is 38.3 Å². The summed E-state index contributed by atoms with van der Waals surface area (Å²) in [5.41, 5.74) is 4.04. The minimum atomic E-state index is -4.75. The van der Waals surface area contributed by atoms with E-state index in [-0.39, 0.29) is 5.92 Å². The molecule has 1 unspecified atom stereocenters. The van der Waals surface area contributed by atoms with Gasteiger partial charge in [0.2, 0.25) is 5.78 Å². The van der Waals surface area contributed by atoms with Gasteiger partial charge in [0, 0.05) is 23.8 Å². The number of benzene rings is 1. The number of carbonyl (C=O) groups is 1. The molecule has 1 aromatic carbocycles. The third kappa shape index (κ3) is 4.98. The van der Waals surface area contributed by atoms with Crippen molar-refractivity contribution in [3.63, 3.8) is 0 Å². The van der Waals surface area contributed by atoms with E-state index in [1.54, 1.807) is 12.4 Å². The Hall–Kier alpha value is -2.14. The molecule has 2 nitrogen and oxygen atoms in total. The maximum Gasteiger partial charge on any atom is 0.449 e. The predicted octanol–water partition coefficient (Wildman–Crippen LogP) is 5.92. The number of pyridine rings is 1. The lowest BCUT2D eigenvalue weighted by atomic mass is 9.93. The van der Waals surface area contributed by atoms with Crippen LogP contribution in [0.1, 0.15) is 41.5 Å². The average Bonchev–Trinajstić information content (AvgIpc) is 2.83. The summed E-state index contributed by atoms with van der Waals surface area (Å²) in [4.78, 5) is 15.3. The fraction of sp³-hybridized carbons (Fsp3) is 0.333. The molecule has 0 spiro atoms. The summed E-state index contributed by atoms with van der Waals surface area (Å²) in [5, 5.41) is 0.615. The van der Waals surface area contributed by atoms with Crippen LogP contribution in [0.2, 0.25) is 5.02 Å². The summed E-state index contributed by atoms with van der Waals surface area (Å²) in [6.07, 6.45) is 4.49. The first-order chi connectivity index (χ1) is 12.8. The summed E-state index contributed by atoms with van der Waals surface area (Å²) in [5.74, 6) is -1.89. The van der Waals surface area contributed by atoms with Crippen LogP contribution in [0.4, 0.5) is 13.2 Å². The molecule has 0 radical (unpaired) electrons. The molecule has 1 aliphatic carbocycles. The molecule has 0 fully saturated rings. The predicted molar refractivity (Wildman–Crippen MR) is 100 cm³/mol. The van der Waals surface area contributed by atoms with Crippen LogP contribution >= 0.6 is 11.6 Å². The SMILES string of the molecule is O=C(CC1CCc2ccc(Cl)c(/C=C\c3ccncc3)c2CC1)C(F)(F)F. The Morgan fingerprint density at radius 3 is 2.52 bits per heavy atom. The molecule has 3 rings (SSSR count). The number of Topliss-reactive ketones (excluding diaryl/α,β-unsaturated/α-hetero) is 1. The van der Waals surface area contributed by atoms with Gasteiger partial charge in [0.05, 0.1) is 0 Å². The van der Waals surface area contributed by atoms with Crippen LogP contribution in [0.15, 0.2) is 36.7 Å². The van der Waals surface area contributed by atoms with Crippen LogP contribution in [-0.2, 0) is 17.6 Å². The smallest absolute Gasteiger partial charge is 0.290 e. The highest BCUT2D eigenvalue weighted by atomic mass is 35.5. The zero-order chi connectivity index (χ0) is 19.4. The lowest BCUT2D eigenvalue weighted by Crippen LogP contribution is -2.25. The van der Waals surface area contributed by atoms with Gasteiger partial charge in [-0.25, -0.2) is 0 Å². The minimum Gasteiger partial charge on any atom is -0.290 e. The molecular weight excluding hydrogens is 375 g/mol. The van der Waals surface area contributed by atoms with Crippen molar-refractivity contribution in [3.05, 3.63) is 63.9 Å². The van der Waals surface area contributed by atoms with Gasteiger partial charge in [0.15, 0.2) is 0 Å². The van der Waals surface area contributed by atoms with Crippen molar-refractivity contribution in [2.75, 3.05) is 0 Å². The molecule has 1 aliphatic rings. The largest absolute Gasteiger partial charge is 0.449 e. The normalized spacial score (nSPS) is 17.6. The Balaban J connectivity index is 1.80. The fourth-order valence-electron chi connectivity index (χ4n) is 3.48. The van der Waals surface area contributed by atoms with Gasteiger partial charge in [-0.2, -0.15) is 13.2 Å². The lowest BCUT2D eigenvalue weighted by molar-refractivity contribution is -0.172. The third-order valence-electron chi connectivity index (χ3n) is 4.96. The highest BCUT2D eigenvalue weighted by Gasteiger charge is 2.39. The number of carbonyl (C=O) groups excluding carboxylic acids is 1. The van der Waals surface area contributed by atoms with E-state index in [2.05, 4.69) is 4.98 Å². The second-order valence-electron chi connectivity index (χ2n) is 6.78. The minimum absolute atomic E-state index is 0.262. The number of nitrogens with zero attached hydrogens (tertiary/aromatic N) is 1. The average molecular weight is 394 g/mol. The number of aromatic nitrogens is 1. The van der Waals surface area contributed by atoms with Gasteiger partial charge in [-0.05, 0) is 72.1 Å². The number of halogens is 4. The molecule has 0 aliphatic heterocycles. The fourth-order valence-corrected chi connectivity index (χ4v) is 3.72. The number of ketones is 1. The van der Waals surface area contributed by atoms with Crippen LogP contribution in [0.25, 0.3) is 12.2 Å². The van der Waals surface area contributed by atoms with Gasteiger partial charge in [-0.3, -0.25) is 9.78 Å². The molecule has 6 heteroatoms. The van der Waals surface area contributed by atoms with Crippen LogP contribution < -0.4 is 0 Å². The van der Waals surface area contributed by atoms with E-state index < -0.39 is 18.4 Å². The number of alkyl halides is 3. The Morgan fingerprint density at radius 2 is 1.81 bits per heavy atom.